The van der Waals surface area contributed by atoms with Gasteiger partial charge >= 0.3 is 0 Å². The van der Waals surface area contributed by atoms with Gasteiger partial charge in [-0.25, -0.2) is 17.6 Å². The summed E-state index contributed by atoms with van der Waals surface area (Å²) < 4.78 is 76.7. The molecule has 6 aromatic rings. The van der Waals surface area contributed by atoms with E-state index in [0.29, 0.717) is 50.0 Å². The Kier molecular flexibility index (Phi) is 8.84. The molecule has 0 spiro atoms. The van der Waals surface area contributed by atoms with Gasteiger partial charge < -0.3 is 38.3 Å². The van der Waals surface area contributed by atoms with Crippen LogP contribution in [0.3, 0.4) is 0 Å². The largest absolute Gasteiger partial charge is 0.492 e. The Hall–Kier alpha value is -5.74. The average molecular weight is 771 g/mol. The van der Waals surface area contributed by atoms with Crippen LogP contribution in [0.15, 0.2) is 62.8 Å². The van der Waals surface area contributed by atoms with E-state index in [2.05, 4.69) is 20.4 Å². The quantitative estimate of drug-likeness (QED) is 0.210. The van der Waals surface area contributed by atoms with E-state index >= 15 is 13.2 Å². The highest BCUT2D eigenvalue weighted by Gasteiger charge is 2.31. The molecule has 2 aliphatic heterocycles. The minimum Gasteiger partial charge on any atom is -0.492 e. The highest BCUT2D eigenvalue weighted by Crippen LogP contribution is 2.42. The lowest BCUT2D eigenvalue weighted by Gasteiger charge is -2.35. The Balaban J connectivity index is 1.20. The third-order valence-electron chi connectivity index (χ3n) is 11.0. The zero-order valence-corrected chi connectivity index (χ0v) is 30.9. The van der Waals surface area contributed by atoms with Gasteiger partial charge in [-0.2, -0.15) is 0 Å². The molecule has 1 unspecified atom stereocenters. The van der Waals surface area contributed by atoms with Crippen LogP contribution in [0.1, 0.15) is 25.8 Å². The van der Waals surface area contributed by atoms with Crippen LogP contribution in [0.4, 0.5) is 28.9 Å². The first-order valence-corrected chi connectivity index (χ1v) is 18.6. The lowest BCUT2D eigenvalue weighted by Crippen LogP contribution is -2.49. The maximum atomic E-state index is 16.2. The lowest BCUT2D eigenvalue weighted by molar-refractivity contribution is 0.312. The zero-order chi connectivity index (χ0) is 39.0. The molecule has 0 bridgehead atoms. The highest BCUT2D eigenvalue weighted by molar-refractivity contribution is 5.94. The molecule has 0 amide bonds. The Bertz CT molecular complexity index is 2670. The Morgan fingerprint density at radius 3 is 2.16 bits per heavy atom. The molecule has 3 aromatic heterocycles. The van der Waals surface area contributed by atoms with Crippen LogP contribution in [0, 0.1) is 23.3 Å². The number of nitrogens with one attached hydrogen (secondary N) is 1. The molecule has 16 heteroatoms. The third kappa shape index (κ3) is 6.07. The molecule has 56 heavy (non-hydrogen) atoms. The van der Waals surface area contributed by atoms with Gasteiger partial charge in [-0.15, -0.1) is 10.2 Å². The van der Waals surface area contributed by atoms with Crippen LogP contribution >= 0.6 is 0 Å². The van der Waals surface area contributed by atoms with Gasteiger partial charge in [-0.05, 0) is 57.1 Å². The number of hydrogen-bond acceptors (Lipinski definition) is 10. The van der Waals surface area contributed by atoms with Gasteiger partial charge in [-0.3, -0.25) is 9.59 Å². The van der Waals surface area contributed by atoms with E-state index in [1.807, 2.05) is 23.4 Å². The average Bonchev–Trinajstić information content (AvgIpc) is 3.91. The molecule has 1 atom stereocenters. The predicted molar refractivity (Wildman–Crippen MR) is 204 cm³/mol. The topological polar surface area (TPSA) is 114 Å². The smallest absolute Gasteiger partial charge is 0.253 e. The monoisotopic (exact) mass is 770 g/mol. The van der Waals surface area contributed by atoms with Crippen molar-refractivity contribution in [3.05, 3.63) is 92.5 Å². The van der Waals surface area contributed by atoms with Gasteiger partial charge in [-0.1, -0.05) is 0 Å². The first kappa shape index (κ1) is 35.9. The summed E-state index contributed by atoms with van der Waals surface area (Å²) in [5.41, 5.74) is -0.538. The number of anilines is 2. The van der Waals surface area contributed by atoms with E-state index in [1.54, 1.807) is 17.2 Å². The summed E-state index contributed by atoms with van der Waals surface area (Å²) in [4.78, 5) is 34.3. The zero-order valence-electron chi connectivity index (χ0n) is 30.9. The second-order valence-electron chi connectivity index (χ2n) is 14.8. The van der Waals surface area contributed by atoms with Crippen molar-refractivity contribution < 1.29 is 26.7 Å². The number of likely N-dealkylation sites (N-methyl/N-ethyl adjacent to an activating group) is 1. The Morgan fingerprint density at radius 1 is 0.804 bits per heavy atom. The first-order chi connectivity index (χ1) is 27.0. The number of methoxy groups -OCH3 is 1. The summed E-state index contributed by atoms with van der Waals surface area (Å²) >= 11 is 0. The van der Waals surface area contributed by atoms with Crippen LogP contribution in [0.25, 0.3) is 50.4 Å². The normalized spacial score (nSPS) is 18.0. The van der Waals surface area contributed by atoms with Crippen molar-refractivity contribution in [3.63, 3.8) is 0 Å². The number of nitrogens with zero attached hydrogens (tertiary/aromatic N) is 7. The van der Waals surface area contributed by atoms with Gasteiger partial charge in [0.15, 0.2) is 11.6 Å². The van der Waals surface area contributed by atoms with Crippen molar-refractivity contribution in [2.45, 2.75) is 31.8 Å². The van der Waals surface area contributed by atoms with Gasteiger partial charge in [0.2, 0.25) is 10.9 Å². The van der Waals surface area contributed by atoms with E-state index in [-0.39, 0.29) is 68.4 Å². The number of piperazine rings is 2. The van der Waals surface area contributed by atoms with E-state index in [4.69, 9.17) is 9.15 Å². The van der Waals surface area contributed by atoms with Crippen molar-refractivity contribution in [3.8, 4) is 34.3 Å². The fraction of sp³-hybridized carbons (Fsp3) is 0.350. The van der Waals surface area contributed by atoms with Gasteiger partial charge in [0.1, 0.15) is 39.8 Å². The molecule has 5 heterocycles. The summed E-state index contributed by atoms with van der Waals surface area (Å²) in [5, 5.41) is 11.5. The Morgan fingerprint density at radius 2 is 1.48 bits per heavy atom. The molecule has 3 aromatic carbocycles. The second kappa shape index (κ2) is 13.8. The number of benzene rings is 3. The van der Waals surface area contributed by atoms with Gasteiger partial charge in [0.05, 0.1) is 29.4 Å². The van der Waals surface area contributed by atoms with Crippen LogP contribution in [-0.4, -0.2) is 90.2 Å². The third-order valence-corrected chi connectivity index (χ3v) is 11.0. The first-order valence-electron chi connectivity index (χ1n) is 18.6. The van der Waals surface area contributed by atoms with Gasteiger partial charge in [0, 0.05) is 81.7 Å². The molecule has 9 rings (SSSR count). The molecule has 1 saturated carbocycles. The molecule has 3 aliphatic rings. The Labute approximate surface area is 317 Å². The van der Waals surface area contributed by atoms with Crippen molar-refractivity contribution in [2.24, 2.45) is 0 Å². The SMILES string of the molecule is COc1c(N2CCNC(C)C2)c(F)cc2c(=O)c(-c3nnc(-c4cn(C5CC5)c5cc(N6CCN(C)CC6)c(F)cc5c4=O)o3)cn(-c3ccc(F)cc3F)c12. The van der Waals surface area contributed by atoms with Gasteiger partial charge in [0.25, 0.3) is 11.8 Å². The lowest BCUT2D eigenvalue weighted by atomic mass is 10.1. The maximum absolute atomic E-state index is 16.2. The summed E-state index contributed by atoms with van der Waals surface area (Å²) in [6.45, 7) is 6.24. The minimum absolute atomic E-state index is 0.00296. The van der Waals surface area contributed by atoms with Crippen LogP contribution in [0.2, 0.25) is 0 Å². The molecule has 12 nitrogen and oxygen atoms in total. The molecule has 0 radical (unpaired) electrons. The molecule has 1 aliphatic carbocycles. The number of halogens is 4. The summed E-state index contributed by atoms with van der Waals surface area (Å²) in [6.07, 6.45) is 4.59. The van der Waals surface area contributed by atoms with E-state index in [0.717, 1.165) is 38.1 Å². The maximum Gasteiger partial charge on any atom is 0.253 e. The molecular formula is C40H38F4N8O4. The van der Waals surface area contributed by atoms with Crippen LogP contribution < -0.4 is 30.7 Å². The van der Waals surface area contributed by atoms with Crippen molar-refractivity contribution in [2.75, 3.05) is 69.8 Å². The predicted octanol–water partition coefficient (Wildman–Crippen LogP) is 5.47. The second-order valence-corrected chi connectivity index (χ2v) is 14.8. The van der Waals surface area contributed by atoms with Crippen molar-refractivity contribution in [1.29, 1.82) is 0 Å². The molecule has 290 valence electrons. The number of hydrogen-bond donors (Lipinski definition) is 1. The molecule has 3 fully saturated rings. The van der Waals surface area contributed by atoms with Crippen molar-refractivity contribution in [1.82, 2.24) is 29.5 Å². The van der Waals surface area contributed by atoms with E-state index < -0.39 is 34.1 Å². The summed E-state index contributed by atoms with van der Waals surface area (Å²) in [6, 6.07) is 7.07. The van der Waals surface area contributed by atoms with Crippen molar-refractivity contribution >= 4 is 33.2 Å². The van der Waals surface area contributed by atoms with E-state index in [1.165, 1.54) is 30.0 Å². The number of rotatable bonds is 7. The van der Waals surface area contributed by atoms with Crippen LogP contribution in [0.5, 0.6) is 5.75 Å². The number of pyridine rings is 2. The number of ether oxygens (including phenoxy) is 1. The van der Waals surface area contributed by atoms with Crippen LogP contribution in [-0.2, 0) is 0 Å². The standard InChI is InChI=1S/C40H38F4N8O4/c1-21-18-50(9-8-45-21)35-30(44)16-25-34(38(35)55-3)52(31-7-4-22(41)14-28(31)42)20-27(37(25)54)40-47-46-39(56-40)26-19-51(23-5-6-23)32-17-33(29(43)15-24(32)36(26)53)49-12-10-48(2)11-13-49/h4,7,14-17,19-21,23,45H,5-6,8-13,18H2,1-3H3. The fourth-order valence-corrected chi connectivity index (χ4v) is 7.95. The molecule has 2 saturated heterocycles. The highest BCUT2D eigenvalue weighted by atomic mass is 19.1. The fourth-order valence-electron chi connectivity index (χ4n) is 7.95. The van der Waals surface area contributed by atoms with E-state index in [9.17, 15) is 14.0 Å². The summed E-state index contributed by atoms with van der Waals surface area (Å²) in [7, 11) is 3.35. The number of aromatic nitrogens is 4. The molecule has 1 N–H and O–H groups in total. The number of fused-ring (bicyclic) bond motifs is 2. The minimum atomic E-state index is -0.962. The summed E-state index contributed by atoms with van der Waals surface area (Å²) in [5.74, 6) is -3.63. The molecular weight excluding hydrogens is 732 g/mol.